The number of benzene rings is 3. The van der Waals surface area contributed by atoms with Gasteiger partial charge in [0.05, 0.1) is 32.8 Å². The van der Waals surface area contributed by atoms with E-state index in [1.807, 2.05) is 19.2 Å². The number of furan rings is 1. The molecule has 0 bridgehead atoms. The second kappa shape index (κ2) is 15.0. The Balaban J connectivity index is 1.35. The SMILES string of the molecule is CCc1c(C)oc2c(-c3cc(Cl)cc(Cl)c3)c(C(=O)OC(=O)c3[nH]c4c(-c5ccc(CS(C)(=O)=O)c(Cl)c5)csc4c3-c3ccc(CS(C)(=O)=O)c(Cl)c3)[nH]c12. The number of carbonyl (C=O) groups excluding carboxylic acids is 2. The third-order valence-corrected chi connectivity index (χ3v) is 12.9. The fourth-order valence-electron chi connectivity index (χ4n) is 6.75. The highest BCUT2D eigenvalue weighted by Gasteiger charge is 2.31. The Kier molecular flexibility index (Phi) is 10.8. The summed E-state index contributed by atoms with van der Waals surface area (Å²) in [5.74, 6) is -1.92. The van der Waals surface area contributed by atoms with Crippen LogP contribution in [0, 0.1) is 6.92 Å². The van der Waals surface area contributed by atoms with Crippen LogP contribution in [0.15, 0.2) is 64.4 Å². The van der Waals surface area contributed by atoms with Crippen LogP contribution in [0.1, 0.15) is 50.4 Å². The van der Waals surface area contributed by atoms with Crippen LogP contribution in [0.4, 0.5) is 0 Å². The predicted molar refractivity (Wildman–Crippen MR) is 224 cm³/mol. The van der Waals surface area contributed by atoms with Gasteiger partial charge in [-0.2, -0.15) is 0 Å². The van der Waals surface area contributed by atoms with E-state index in [0.29, 0.717) is 88.1 Å². The molecule has 0 aliphatic carbocycles. The van der Waals surface area contributed by atoms with E-state index < -0.39 is 31.6 Å². The number of hydrogen-bond acceptors (Lipinski definition) is 9. The predicted octanol–water partition coefficient (Wildman–Crippen LogP) is 10.9. The molecule has 2 N–H and O–H groups in total. The normalized spacial score (nSPS) is 12.2. The first-order valence-electron chi connectivity index (χ1n) is 16.7. The topological polar surface area (TPSA) is 156 Å². The maximum absolute atomic E-state index is 14.3. The number of halogens is 4. The number of carbonyl (C=O) groups is 2. The van der Waals surface area contributed by atoms with Crippen molar-refractivity contribution >= 4 is 111 Å². The molecule has 0 atom stereocenters. The molecule has 56 heavy (non-hydrogen) atoms. The van der Waals surface area contributed by atoms with E-state index in [1.54, 1.807) is 54.6 Å². The molecule has 0 aliphatic rings. The first-order chi connectivity index (χ1) is 26.3. The third kappa shape index (κ3) is 7.91. The van der Waals surface area contributed by atoms with Gasteiger partial charge < -0.3 is 19.1 Å². The van der Waals surface area contributed by atoms with Crippen molar-refractivity contribution in [3.63, 3.8) is 0 Å². The van der Waals surface area contributed by atoms with Crippen LogP contribution in [-0.2, 0) is 42.3 Å². The maximum atomic E-state index is 14.3. The lowest BCUT2D eigenvalue weighted by atomic mass is 10.0. The molecule has 7 rings (SSSR count). The molecule has 4 aromatic heterocycles. The summed E-state index contributed by atoms with van der Waals surface area (Å²) in [5, 5.41) is 2.87. The van der Waals surface area contributed by atoms with Crippen molar-refractivity contribution < 1.29 is 35.6 Å². The Morgan fingerprint density at radius 3 is 1.82 bits per heavy atom. The fourth-order valence-corrected chi connectivity index (χ4v) is 10.7. The van der Waals surface area contributed by atoms with Gasteiger partial charge >= 0.3 is 11.9 Å². The van der Waals surface area contributed by atoms with Gasteiger partial charge in [0.25, 0.3) is 0 Å². The number of ether oxygens (including phenoxy) is 1. The zero-order valence-electron chi connectivity index (χ0n) is 29.9. The number of sulfone groups is 2. The van der Waals surface area contributed by atoms with Crippen LogP contribution in [0.5, 0.6) is 0 Å². The lowest BCUT2D eigenvalue weighted by Gasteiger charge is -2.09. The van der Waals surface area contributed by atoms with Gasteiger partial charge in [-0.05, 0) is 71.5 Å². The van der Waals surface area contributed by atoms with Crippen LogP contribution >= 0.6 is 57.7 Å². The molecule has 17 heteroatoms. The number of fused-ring (bicyclic) bond motifs is 2. The number of aromatic amines is 2. The van der Waals surface area contributed by atoms with E-state index >= 15 is 0 Å². The van der Waals surface area contributed by atoms with Crippen LogP contribution in [-0.4, -0.2) is 51.3 Å². The molecular formula is C39H30Cl4N2O8S3. The molecule has 7 aromatic rings. The number of esters is 2. The van der Waals surface area contributed by atoms with Crippen molar-refractivity contribution in [3.8, 4) is 33.4 Å². The summed E-state index contributed by atoms with van der Waals surface area (Å²) in [7, 11) is -6.77. The molecular weight excluding hydrogens is 862 g/mol. The zero-order chi connectivity index (χ0) is 40.4. The highest BCUT2D eigenvalue weighted by molar-refractivity contribution is 7.90. The number of thiophene rings is 1. The molecule has 0 aliphatic heterocycles. The van der Waals surface area contributed by atoms with Crippen molar-refractivity contribution in [3.05, 3.63) is 114 Å². The average molecular weight is 893 g/mol. The Labute approximate surface area is 345 Å². The molecule has 3 aromatic carbocycles. The lowest BCUT2D eigenvalue weighted by Crippen LogP contribution is -2.15. The standard InChI is InChI=1S/C39H30Cl4N2O8S3/c1-5-26-18(2)52-36-30(23-10-24(40)14-25(41)11-23)34(44-32(26)36)38(46)53-39(47)35-31(20-7-9-22(29(43)13-20)17-56(4,50)51)37-33(45-35)27(15-54-37)19-6-8-21(28(42)12-19)16-55(3,48)49/h6-15,44-45H,5,16-17H2,1-4H3. The van der Waals surface area contributed by atoms with Gasteiger partial charge in [0, 0.05) is 54.7 Å². The van der Waals surface area contributed by atoms with Gasteiger partial charge in [0.15, 0.2) is 25.3 Å². The van der Waals surface area contributed by atoms with Crippen LogP contribution < -0.4 is 0 Å². The van der Waals surface area contributed by atoms with Crippen molar-refractivity contribution in [1.82, 2.24) is 9.97 Å². The van der Waals surface area contributed by atoms with Crippen molar-refractivity contribution in [2.75, 3.05) is 12.5 Å². The number of nitrogens with one attached hydrogen (secondary N) is 2. The number of aromatic nitrogens is 2. The number of hydrogen-bond donors (Lipinski definition) is 2. The zero-order valence-corrected chi connectivity index (χ0v) is 35.4. The van der Waals surface area contributed by atoms with E-state index in [2.05, 4.69) is 9.97 Å². The van der Waals surface area contributed by atoms with Gasteiger partial charge in [0.1, 0.15) is 17.1 Å². The van der Waals surface area contributed by atoms with E-state index in [4.69, 9.17) is 55.6 Å². The minimum atomic E-state index is -3.42. The molecule has 0 fully saturated rings. The second-order valence-corrected chi connectivity index (χ2v) is 20.2. The van der Waals surface area contributed by atoms with Gasteiger partial charge in [-0.3, -0.25) is 0 Å². The maximum Gasteiger partial charge on any atom is 0.363 e. The summed E-state index contributed by atoms with van der Waals surface area (Å²) in [6.45, 7) is 3.76. The third-order valence-electron chi connectivity index (χ3n) is 9.09. The van der Waals surface area contributed by atoms with Crippen molar-refractivity contribution in [2.24, 2.45) is 0 Å². The highest BCUT2D eigenvalue weighted by atomic mass is 35.5. The molecule has 0 radical (unpaired) electrons. The second-order valence-electron chi connectivity index (χ2n) is 13.4. The van der Waals surface area contributed by atoms with E-state index in [0.717, 1.165) is 18.1 Å². The Morgan fingerprint density at radius 1 is 0.732 bits per heavy atom. The van der Waals surface area contributed by atoms with E-state index in [9.17, 15) is 26.4 Å². The lowest BCUT2D eigenvalue weighted by molar-refractivity contribution is 0.0391. The average Bonchev–Trinajstić information content (AvgIpc) is 3.84. The number of H-pyrrole nitrogens is 2. The van der Waals surface area contributed by atoms with Crippen molar-refractivity contribution in [1.29, 1.82) is 0 Å². The van der Waals surface area contributed by atoms with Crippen LogP contribution in [0.3, 0.4) is 0 Å². The minimum absolute atomic E-state index is 0.0623. The molecule has 0 saturated heterocycles. The minimum Gasteiger partial charge on any atom is -0.459 e. The number of aryl methyl sites for hydroxylation is 2. The first kappa shape index (κ1) is 40.1. The van der Waals surface area contributed by atoms with Gasteiger partial charge in [-0.15, -0.1) is 11.3 Å². The number of rotatable bonds is 10. The van der Waals surface area contributed by atoms with Crippen molar-refractivity contribution in [2.45, 2.75) is 31.8 Å². The molecule has 4 heterocycles. The molecule has 10 nitrogen and oxygen atoms in total. The van der Waals surface area contributed by atoms with E-state index in [1.165, 1.54) is 11.3 Å². The summed E-state index contributed by atoms with van der Waals surface area (Å²) in [4.78, 5) is 34.6. The summed E-state index contributed by atoms with van der Waals surface area (Å²) < 4.78 is 60.4. The summed E-state index contributed by atoms with van der Waals surface area (Å²) in [6.07, 6.45) is 2.81. The molecule has 0 spiro atoms. The van der Waals surface area contributed by atoms with Crippen LogP contribution in [0.25, 0.3) is 54.7 Å². The Morgan fingerprint density at radius 2 is 1.27 bits per heavy atom. The van der Waals surface area contributed by atoms with E-state index in [-0.39, 0.29) is 32.9 Å². The fraction of sp³-hybridized carbons (Fsp3) is 0.179. The van der Waals surface area contributed by atoms with Gasteiger partial charge in [-0.25, -0.2) is 26.4 Å². The monoisotopic (exact) mass is 890 g/mol. The largest absolute Gasteiger partial charge is 0.459 e. The van der Waals surface area contributed by atoms with Crippen LogP contribution in [0.2, 0.25) is 20.1 Å². The molecule has 0 amide bonds. The Bertz CT molecular complexity index is 2970. The summed E-state index contributed by atoms with van der Waals surface area (Å²) in [5.41, 5.74) is 5.75. The Hall–Kier alpha value is -4.08. The molecule has 0 saturated carbocycles. The first-order valence-corrected chi connectivity index (χ1v) is 23.3. The van der Waals surface area contributed by atoms with Gasteiger partial charge in [0.2, 0.25) is 0 Å². The smallest absolute Gasteiger partial charge is 0.363 e. The molecule has 0 unspecified atom stereocenters. The summed E-state index contributed by atoms with van der Waals surface area (Å²) in [6, 6.07) is 14.5. The quantitative estimate of drug-likeness (QED) is 0.102. The highest BCUT2D eigenvalue weighted by Crippen LogP contribution is 2.44. The molecule has 290 valence electrons. The summed E-state index contributed by atoms with van der Waals surface area (Å²) >= 11 is 27.2. The van der Waals surface area contributed by atoms with Gasteiger partial charge in [-0.1, -0.05) is 77.6 Å².